The van der Waals surface area contributed by atoms with Crippen molar-refractivity contribution in [3.63, 3.8) is 0 Å². The topological polar surface area (TPSA) is 78.3 Å². The van der Waals surface area contributed by atoms with E-state index < -0.39 is 5.60 Å². The SMILES string of the molecule is CC(C)(C)OC(=O)N1CCCC[C@H]1C1CCC(N=[N+]=[N-])CC1. The molecule has 1 heterocycles. The van der Waals surface area contributed by atoms with Gasteiger partial charge in [-0.1, -0.05) is 5.11 Å². The number of amides is 1. The van der Waals surface area contributed by atoms with Crippen LogP contribution in [0.1, 0.15) is 65.7 Å². The van der Waals surface area contributed by atoms with E-state index in [4.69, 9.17) is 10.3 Å². The molecule has 0 spiro atoms. The van der Waals surface area contributed by atoms with Gasteiger partial charge in [0.05, 0.1) is 0 Å². The minimum atomic E-state index is -0.446. The zero-order chi connectivity index (χ0) is 16.2. The molecular weight excluding hydrogens is 280 g/mol. The fourth-order valence-corrected chi connectivity index (χ4v) is 3.67. The lowest BCUT2D eigenvalue weighted by Crippen LogP contribution is -2.50. The number of carbonyl (C=O) groups excluding carboxylic acids is 1. The molecule has 1 saturated carbocycles. The summed E-state index contributed by atoms with van der Waals surface area (Å²) in [5.74, 6) is 0.512. The molecule has 124 valence electrons. The van der Waals surface area contributed by atoms with Gasteiger partial charge in [-0.3, -0.25) is 0 Å². The normalized spacial score (nSPS) is 29.6. The largest absolute Gasteiger partial charge is 0.444 e. The number of rotatable bonds is 2. The van der Waals surface area contributed by atoms with Gasteiger partial charge in [0.25, 0.3) is 0 Å². The van der Waals surface area contributed by atoms with E-state index in [1.54, 1.807) is 0 Å². The zero-order valence-corrected chi connectivity index (χ0v) is 14.0. The summed E-state index contributed by atoms with van der Waals surface area (Å²) in [5.41, 5.74) is 8.10. The summed E-state index contributed by atoms with van der Waals surface area (Å²) in [7, 11) is 0. The van der Waals surface area contributed by atoms with Crippen LogP contribution in [0.5, 0.6) is 0 Å². The second kappa shape index (κ2) is 7.23. The lowest BCUT2D eigenvalue weighted by atomic mass is 9.78. The van der Waals surface area contributed by atoms with E-state index in [0.717, 1.165) is 45.1 Å². The molecule has 1 saturated heterocycles. The molecule has 2 rings (SSSR count). The van der Waals surface area contributed by atoms with Gasteiger partial charge < -0.3 is 9.64 Å². The highest BCUT2D eigenvalue weighted by Gasteiger charge is 2.36. The molecule has 1 atom stereocenters. The Bertz CT molecular complexity index is 432. The third-order valence-electron chi connectivity index (χ3n) is 4.68. The maximum absolute atomic E-state index is 12.5. The number of azide groups is 1. The van der Waals surface area contributed by atoms with E-state index in [0.29, 0.717) is 5.92 Å². The number of carbonyl (C=O) groups is 1. The molecule has 1 amide bonds. The summed E-state index contributed by atoms with van der Waals surface area (Å²) in [6.45, 7) is 6.54. The molecule has 0 radical (unpaired) electrons. The van der Waals surface area contributed by atoms with Crippen molar-refractivity contribution >= 4 is 6.09 Å². The maximum Gasteiger partial charge on any atom is 0.410 e. The Morgan fingerprint density at radius 3 is 2.45 bits per heavy atom. The summed E-state index contributed by atoms with van der Waals surface area (Å²) in [6, 6.07) is 0.426. The zero-order valence-electron chi connectivity index (χ0n) is 14.0. The van der Waals surface area contributed by atoms with Crippen molar-refractivity contribution in [1.82, 2.24) is 4.90 Å². The Morgan fingerprint density at radius 2 is 1.86 bits per heavy atom. The Labute approximate surface area is 132 Å². The third-order valence-corrected chi connectivity index (χ3v) is 4.68. The molecule has 0 N–H and O–H groups in total. The summed E-state index contributed by atoms with van der Waals surface area (Å²) in [6.07, 6.45) is 7.08. The molecule has 6 nitrogen and oxygen atoms in total. The molecule has 6 heteroatoms. The molecule has 22 heavy (non-hydrogen) atoms. The molecular formula is C16H28N4O2. The number of ether oxygens (including phenoxy) is 1. The van der Waals surface area contributed by atoms with Crippen LogP contribution in [0.15, 0.2) is 5.11 Å². The predicted molar refractivity (Wildman–Crippen MR) is 85.5 cm³/mol. The standard InChI is InChI=1S/C16H28N4O2/c1-16(2,3)22-15(21)20-11-5-4-6-14(20)12-7-9-13(10-8-12)18-19-17/h12-14H,4-11H2,1-3H3/t12?,13?,14-/m0/s1. The molecule has 0 aromatic carbocycles. The van der Waals surface area contributed by atoms with Gasteiger partial charge in [0.2, 0.25) is 0 Å². The second-order valence-electron chi connectivity index (χ2n) is 7.51. The second-order valence-corrected chi connectivity index (χ2v) is 7.51. The van der Waals surface area contributed by atoms with Gasteiger partial charge in [-0.15, -0.1) is 0 Å². The number of nitrogens with zero attached hydrogens (tertiary/aromatic N) is 4. The first-order valence-corrected chi connectivity index (χ1v) is 8.44. The number of hydrogen-bond donors (Lipinski definition) is 0. The number of likely N-dealkylation sites (tertiary alicyclic amines) is 1. The van der Waals surface area contributed by atoms with Crippen molar-refractivity contribution in [3.05, 3.63) is 10.4 Å². The van der Waals surface area contributed by atoms with Crippen LogP contribution >= 0.6 is 0 Å². The minimum Gasteiger partial charge on any atom is -0.444 e. The Hall–Kier alpha value is -1.42. The van der Waals surface area contributed by atoms with Crippen LogP contribution < -0.4 is 0 Å². The fourth-order valence-electron chi connectivity index (χ4n) is 3.67. The van der Waals surface area contributed by atoms with Crippen molar-refractivity contribution < 1.29 is 9.53 Å². The minimum absolute atomic E-state index is 0.139. The van der Waals surface area contributed by atoms with Crippen molar-refractivity contribution in [1.29, 1.82) is 0 Å². The highest BCUT2D eigenvalue weighted by atomic mass is 16.6. The monoisotopic (exact) mass is 308 g/mol. The summed E-state index contributed by atoms with van der Waals surface area (Å²) < 4.78 is 5.58. The van der Waals surface area contributed by atoms with Crippen LogP contribution in [-0.4, -0.2) is 35.2 Å². The number of piperidine rings is 1. The highest BCUT2D eigenvalue weighted by Crippen LogP contribution is 2.35. The van der Waals surface area contributed by atoms with Gasteiger partial charge in [0, 0.05) is 23.5 Å². The van der Waals surface area contributed by atoms with Gasteiger partial charge in [-0.05, 0) is 77.2 Å². The third kappa shape index (κ3) is 4.54. The predicted octanol–water partition coefficient (Wildman–Crippen LogP) is 4.65. The van der Waals surface area contributed by atoms with Gasteiger partial charge in [0.15, 0.2) is 0 Å². The van der Waals surface area contributed by atoms with Gasteiger partial charge >= 0.3 is 6.09 Å². The number of hydrogen-bond acceptors (Lipinski definition) is 3. The smallest absolute Gasteiger partial charge is 0.410 e. The quantitative estimate of drug-likeness (QED) is 0.423. The van der Waals surface area contributed by atoms with E-state index in [1.807, 2.05) is 25.7 Å². The average molecular weight is 308 g/mol. The lowest BCUT2D eigenvalue weighted by molar-refractivity contribution is -0.00202. The van der Waals surface area contributed by atoms with E-state index in [9.17, 15) is 4.79 Å². The molecule has 2 aliphatic rings. The van der Waals surface area contributed by atoms with Crippen LogP contribution in [0.4, 0.5) is 4.79 Å². The van der Waals surface area contributed by atoms with Crippen molar-refractivity contribution in [2.45, 2.75) is 83.4 Å². The van der Waals surface area contributed by atoms with Gasteiger partial charge in [0.1, 0.15) is 5.60 Å². The fraction of sp³-hybridized carbons (Fsp3) is 0.938. The Balaban J connectivity index is 1.98. The van der Waals surface area contributed by atoms with Crippen LogP contribution in [0.25, 0.3) is 10.4 Å². The molecule has 0 bridgehead atoms. The maximum atomic E-state index is 12.5. The van der Waals surface area contributed by atoms with Crippen LogP contribution in [0, 0.1) is 5.92 Å². The van der Waals surface area contributed by atoms with E-state index >= 15 is 0 Å². The van der Waals surface area contributed by atoms with Crippen LogP contribution in [0.2, 0.25) is 0 Å². The molecule has 2 fully saturated rings. The van der Waals surface area contributed by atoms with E-state index in [-0.39, 0.29) is 18.2 Å². The summed E-state index contributed by atoms with van der Waals surface area (Å²) >= 11 is 0. The molecule has 1 aliphatic heterocycles. The molecule has 1 aliphatic carbocycles. The van der Waals surface area contributed by atoms with Crippen molar-refractivity contribution in [3.8, 4) is 0 Å². The first-order valence-electron chi connectivity index (χ1n) is 8.44. The van der Waals surface area contributed by atoms with Crippen LogP contribution in [0.3, 0.4) is 0 Å². The first-order chi connectivity index (χ1) is 10.4. The van der Waals surface area contributed by atoms with Crippen LogP contribution in [-0.2, 0) is 4.74 Å². The van der Waals surface area contributed by atoms with Crippen molar-refractivity contribution in [2.24, 2.45) is 11.0 Å². The summed E-state index contributed by atoms with van der Waals surface area (Å²) in [5, 5.41) is 3.84. The molecule has 0 aromatic rings. The van der Waals surface area contributed by atoms with Crippen molar-refractivity contribution in [2.75, 3.05) is 6.54 Å². The first kappa shape index (κ1) is 16.9. The van der Waals surface area contributed by atoms with Gasteiger partial charge in [-0.2, -0.15) is 0 Å². The molecule has 0 aromatic heterocycles. The highest BCUT2D eigenvalue weighted by molar-refractivity contribution is 5.68. The Morgan fingerprint density at radius 1 is 1.18 bits per heavy atom. The van der Waals surface area contributed by atoms with Gasteiger partial charge in [-0.25, -0.2) is 4.79 Å². The van der Waals surface area contributed by atoms with E-state index in [1.165, 1.54) is 6.42 Å². The Kier molecular flexibility index (Phi) is 5.57. The summed E-state index contributed by atoms with van der Waals surface area (Å²) in [4.78, 5) is 17.3. The lowest BCUT2D eigenvalue weighted by Gasteiger charge is -2.42. The van der Waals surface area contributed by atoms with E-state index in [2.05, 4.69) is 10.0 Å². The molecule has 0 unspecified atom stereocenters. The average Bonchev–Trinajstić information content (AvgIpc) is 2.47.